The maximum absolute atomic E-state index is 12.8. The van der Waals surface area contributed by atoms with E-state index < -0.39 is 0 Å². The third-order valence-electron chi connectivity index (χ3n) is 6.89. The zero-order valence-electron chi connectivity index (χ0n) is 13.2. The van der Waals surface area contributed by atoms with Crippen molar-refractivity contribution >= 4 is 5.91 Å². The van der Waals surface area contributed by atoms with Crippen LogP contribution in [-0.4, -0.2) is 23.9 Å². The molecule has 4 atom stereocenters. The monoisotopic (exact) mass is 287 g/mol. The number of carbonyl (C=O) groups excluding carboxylic acids is 1. The first-order valence-corrected chi connectivity index (χ1v) is 9.17. The fraction of sp³-hybridized carbons (Fsp3) is 0.842. The Bertz CT molecular complexity index is 443. The van der Waals surface area contributed by atoms with Crippen molar-refractivity contribution in [1.82, 2.24) is 4.90 Å². The third-order valence-corrected chi connectivity index (χ3v) is 6.89. The summed E-state index contributed by atoms with van der Waals surface area (Å²) in [4.78, 5) is 15.0. The first-order valence-electron chi connectivity index (χ1n) is 9.17. The second kappa shape index (κ2) is 5.44. The van der Waals surface area contributed by atoms with Crippen molar-refractivity contribution < 1.29 is 4.79 Å². The molecule has 4 unspecified atom stereocenters. The van der Waals surface area contributed by atoms with Crippen LogP contribution in [0.4, 0.5) is 0 Å². The second-order valence-corrected chi connectivity index (χ2v) is 8.27. The average Bonchev–Trinajstić information content (AvgIpc) is 3.11. The Labute approximate surface area is 129 Å². The van der Waals surface area contributed by atoms with Gasteiger partial charge in [-0.25, -0.2) is 0 Å². The van der Waals surface area contributed by atoms with E-state index in [1.807, 2.05) is 0 Å². The van der Waals surface area contributed by atoms with Crippen molar-refractivity contribution in [2.24, 2.45) is 23.2 Å². The molecular weight excluding hydrogens is 258 g/mol. The summed E-state index contributed by atoms with van der Waals surface area (Å²) in [5.74, 6) is 3.04. The van der Waals surface area contributed by atoms with Gasteiger partial charge in [0.05, 0.1) is 0 Å². The lowest BCUT2D eigenvalue weighted by molar-refractivity contribution is -0.136. The van der Waals surface area contributed by atoms with Crippen LogP contribution in [0.3, 0.4) is 0 Å². The summed E-state index contributed by atoms with van der Waals surface area (Å²) < 4.78 is 0. The summed E-state index contributed by atoms with van der Waals surface area (Å²) >= 11 is 0. The van der Waals surface area contributed by atoms with E-state index in [0.717, 1.165) is 37.3 Å². The van der Waals surface area contributed by atoms with E-state index >= 15 is 0 Å². The molecule has 116 valence electrons. The summed E-state index contributed by atoms with van der Waals surface area (Å²) in [5.41, 5.74) is 0.428. The predicted molar refractivity (Wildman–Crippen MR) is 84.8 cm³/mol. The minimum Gasteiger partial charge on any atom is -0.342 e. The maximum Gasteiger partial charge on any atom is 0.222 e. The van der Waals surface area contributed by atoms with E-state index in [-0.39, 0.29) is 0 Å². The van der Waals surface area contributed by atoms with Crippen LogP contribution in [0.25, 0.3) is 0 Å². The smallest absolute Gasteiger partial charge is 0.222 e. The van der Waals surface area contributed by atoms with Gasteiger partial charge in [0.25, 0.3) is 0 Å². The molecule has 0 N–H and O–H groups in total. The number of nitrogens with zero attached hydrogens (tertiary/aromatic N) is 1. The number of allylic oxidation sites excluding steroid dienone is 2. The summed E-state index contributed by atoms with van der Waals surface area (Å²) in [7, 11) is 0. The van der Waals surface area contributed by atoms with Gasteiger partial charge in [0.1, 0.15) is 0 Å². The Morgan fingerprint density at radius 1 is 1.19 bits per heavy atom. The molecule has 2 nitrogen and oxygen atoms in total. The van der Waals surface area contributed by atoms with Crippen molar-refractivity contribution in [1.29, 1.82) is 0 Å². The number of fused-ring (bicyclic) bond motifs is 2. The Balaban J connectivity index is 1.37. The van der Waals surface area contributed by atoms with Crippen LogP contribution in [0.2, 0.25) is 0 Å². The molecule has 2 bridgehead atoms. The van der Waals surface area contributed by atoms with Crippen molar-refractivity contribution in [2.75, 3.05) is 13.1 Å². The van der Waals surface area contributed by atoms with Crippen LogP contribution in [0.1, 0.15) is 64.2 Å². The lowest BCUT2D eigenvalue weighted by atomic mass is 9.71. The van der Waals surface area contributed by atoms with Crippen molar-refractivity contribution in [3.8, 4) is 0 Å². The zero-order chi connectivity index (χ0) is 14.3. The average molecular weight is 287 g/mol. The lowest BCUT2D eigenvalue weighted by Crippen LogP contribution is -2.47. The minimum absolute atomic E-state index is 0.428. The van der Waals surface area contributed by atoms with E-state index in [1.165, 1.54) is 57.8 Å². The van der Waals surface area contributed by atoms with E-state index in [4.69, 9.17) is 0 Å². The van der Waals surface area contributed by atoms with Gasteiger partial charge >= 0.3 is 0 Å². The minimum atomic E-state index is 0.428. The number of piperidine rings is 1. The molecule has 4 rings (SSSR count). The summed E-state index contributed by atoms with van der Waals surface area (Å²) in [6.45, 7) is 2.06. The van der Waals surface area contributed by atoms with E-state index in [9.17, 15) is 4.79 Å². The second-order valence-electron chi connectivity index (χ2n) is 8.27. The molecule has 1 aliphatic heterocycles. The third kappa shape index (κ3) is 2.66. The summed E-state index contributed by atoms with van der Waals surface area (Å²) in [5, 5.41) is 0. The van der Waals surface area contributed by atoms with Crippen molar-refractivity contribution in [3.05, 3.63) is 12.2 Å². The molecule has 21 heavy (non-hydrogen) atoms. The number of likely N-dealkylation sites (tertiary alicyclic amines) is 1. The maximum atomic E-state index is 12.8. The van der Waals surface area contributed by atoms with Gasteiger partial charge in [0, 0.05) is 19.5 Å². The van der Waals surface area contributed by atoms with Crippen LogP contribution in [-0.2, 0) is 4.79 Å². The molecule has 3 aliphatic carbocycles. The molecule has 0 aromatic rings. The molecule has 2 saturated carbocycles. The SMILES string of the molecule is O=C(CC1CC2CCC1C2)N1CCCC2(CC=CCC2)C1. The number of carbonyl (C=O) groups is 1. The molecule has 1 spiro atoms. The topological polar surface area (TPSA) is 20.3 Å². The quantitative estimate of drug-likeness (QED) is 0.698. The van der Waals surface area contributed by atoms with Crippen LogP contribution < -0.4 is 0 Å². The molecule has 0 radical (unpaired) electrons. The van der Waals surface area contributed by atoms with Crippen molar-refractivity contribution in [3.63, 3.8) is 0 Å². The van der Waals surface area contributed by atoms with Gasteiger partial charge in [0.15, 0.2) is 0 Å². The van der Waals surface area contributed by atoms with Gasteiger partial charge in [-0.15, -0.1) is 0 Å². The normalized spacial score (nSPS) is 41.9. The molecule has 1 heterocycles. The first kappa shape index (κ1) is 13.8. The van der Waals surface area contributed by atoms with E-state index in [0.29, 0.717) is 11.3 Å². The van der Waals surface area contributed by atoms with Gasteiger partial charge in [-0.3, -0.25) is 4.79 Å². The largest absolute Gasteiger partial charge is 0.342 e. The molecule has 1 amide bonds. The Morgan fingerprint density at radius 2 is 2.14 bits per heavy atom. The van der Waals surface area contributed by atoms with Gasteiger partial charge in [-0.05, 0) is 74.5 Å². The highest BCUT2D eigenvalue weighted by atomic mass is 16.2. The molecule has 4 aliphatic rings. The fourth-order valence-corrected chi connectivity index (χ4v) is 5.71. The number of hydrogen-bond donors (Lipinski definition) is 0. The first-order chi connectivity index (χ1) is 10.2. The van der Waals surface area contributed by atoms with Gasteiger partial charge < -0.3 is 4.90 Å². The van der Waals surface area contributed by atoms with E-state index in [1.54, 1.807) is 0 Å². The molecule has 3 fully saturated rings. The molecule has 1 saturated heterocycles. The number of rotatable bonds is 2. The standard InChI is InChI=1S/C19H29NO/c21-18(13-17-12-15-5-6-16(17)11-15)20-10-4-9-19(14-20)7-2-1-3-8-19/h1-2,15-17H,3-14H2. The van der Waals surface area contributed by atoms with Crippen LogP contribution >= 0.6 is 0 Å². The van der Waals surface area contributed by atoms with Gasteiger partial charge in [-0.1, -0.05) is 18.6 Å². The van der Waals surface area contributed by atoms with E-state index in [2.05, 4.69) is 17.1 Å². The van der Waals surface area contributed by atoms with Crippen LogP contribution in [0.15, 0.2) is 12.2 Å². The Kier molecular flexibility index (Phi) is 3.59. The Hall–Kier alpha value is -0.790. The summed E-state index contributed by atoms with van der Waals surface area (Å²) in [6, 6.07) is 0. The molecular formula is C19H29NO. The molecule has 0 aromatic carbocycles. The van der Waals surface area contributed by atoms with Crippen LogP contribution in [0, 0.1) is 23.2 Å². The molecule has 2 heteroatoms. The predicted octanol–water partition coefficient (Wildman–Crippen LogP) is 4.16. The molecule has 0 aromatic heterocycles. The lowest BCUT2D eigenvalue weighted by Gasteiger charge is -2.44. The Morgan fingerprint density at radius 3 is 2.86 bits per heavy atom. The highest BCUT2D eigenvalue weighted by Crippen LogP contribution is 2.50. The highest BCUT2D eigenvalue weighted by Gasteiger charge is 2.42. The van der Waals surface area contributed by atoms with Crippen LogP contribution in [0.5, 0.6) is 0 Å². The fourth-order valence-electron chi connectivity index (χ4n) is 5.71. The number of hydrogen-bond acceptors (Lipinski definition) is 1. The highest BCUT2D eigenvalue weighted by molar-refractivity contribution is 5.76. The number of amides is 1. The summed E-state index contributed by atoms with van der Waals surface area (Å²) in [6.07, 6.45) is 17.4. The van der Waals surface area contributed by atoms with Gasteiger partial charge in [-0.2, -0.15) is 0 Å². The van der Waals surface area contributed by atoms with Gasteiger partial charge in [0.2, 0.25) is 5.91 Å². The van der Waals surface area contributed by atoms with Crippen molar-refractivity contribution in [2.45, 2.75) is 64.2 Å². The zero-order valence-corrected chi connectivity index (χ0v) is 13.2.